The molecule has 0 aromatic carbocycles. The van der Waals surface area contributed by atoms with Crippen LogP contribution in [0.1, 0.15) is 29.0 Å². The summed E-state index contributed by atoms with van der Waals surface area (Å²) in [5, 5.41) is 3.36. The van der Waals surface area contributed by atoms with Crippen LogP contribution in [-0.4, -0.2) is 30.6 Å². The summed E-state index contributed by atoms with van der Waals surface area (Å²) in [7, 11) is 1.36. The molecule has 17 heavy (non-hydrogen) atoms. The lowest BCUT2D eigenvalue weighted by molar-refractivity contribution is 0.0600. The van der Waals surface area contributed by atoms with Crippen LogP contribution >= 0.6 is 11.8 Å². The number of ether oxygens (including phenoxy) is 1. The van der Waals surface area contributed by atoms with Gasteiger partial charge in [0.25, 0.3) is 0 Å². The Bertz CT molecular complexity index is 398. The van der Waals surface area contributed by atoms with Gasteiger partial charge in [-0.3, -0.25) is 0 Å². The Morgan fingerprint density at radius 2 is 2.41 bits per heavy atom. The number of carbonyl (C=O) groups excluding carboxylic acids is 1. The Hall–Kier alpha value is -0.940. The molecule has 0 atom stereocenters. The molecule has 4 nitrogen and oxygen atoms in total. The quantitative estimate of drug-likeness (QED) is 0.788. The van der Waals surface area contributed by atoms with Crippen LogP contribution in [0, 0.1) is 0 Å². The number of hydrogen-bond donors (Lipinski definition) is 1. The summed E-state index contributed by atoms with van der Waals surface area (Å²) in [6, 6.07) is 1.72. The van der Waals surface area contributed by atoms with Crippen LogP contribution < -0.4 is 5.32 Å². The SMILES string of the molecule is COC(=O)c1coc(CNCC2(SC)CC2)c1. The first-order valence-corrected chi connectivity index (χ1v) is 6.83. The molecule has 0 spiro atoms. The average Bonchev–Trinajstić information content (AvgIpc) is 2.98. The van der Waals surface area contributed by atoms with Crippen LogP contribution in [0.3, 0.4) is 0 Å². The van der Waals surface area contributed by atoms with E-state index in [0.717, 1.165) is 12.3 Å². The lowest BCUT2D eigenvalue weighted by Crippen LogP contribution is -2.25. The molecule has 0 bridgehead atoms. The smallest absolute Gasteiger partial charge is 0.341 e. The minimum Gasteiger partial charge on any atom is -0.467 e. The summed E-state index contributed by atoms with van der Waals surface area (Å²) >= 11 is 1.92. The lowest BCUT2D eigenvalue weighted by atomic mass is 10.3. The summed E-state index contributed by atoms with van der Waals surface area (Å²) in [4.78, 5) is 11.2. The Balaban J connectivity index is 1.79. The van der Waals surface area contributed by atoms with Crippen molar-refractivity contribution in [2.75, 3.05) is 19.9 Å². The first-order valence-electron chi connectivity index (χ1n) is 5.61. The molecular formula is C12H17NO3S. The van der Waals surface area contributed by atoms with Crippen molar-refractivity contribution in [1.82, 2.24) is 5.32 Å². The van der Waals surface area contributed by atoms with E-state index < -0.39 is 0 Å². The van der Waals surface area contributed by atoms with Crippen molar-refractivity contribution in [1.29, 1.82) is 0 Å². The molecule has 1 heterocycles. The van der Waals surface area contributed by atoms with E-state index in [0.29, 0.717) is 16.9 Å². The fourth-order valence-corrected chi connectivity index (χ4v) is 2.46. The molecule has 0 aliphatic heterocycles. The number of thioether (sulfide) groups is 1. The van der Waals surface area contributed by atoms with Gasteiger partial charge in [0.2, 0.25) is 0 Å². The van der Waals surface area contributed by atoms with E-state index in [4.69, 9.17) is 4.42 Å². The number of rotatable bonds is 6. The highest BCUT2D eigenvalue weighted by atomic mass is 32.2. The predicted octanol–water partition coefficient (Wildman–Crippen LogP) is 2.05. The second-order valence-electron chi connectivity index (χ2n) is 4.28. The summed E-state index contributed by atoms with van der Waals surface area (Å²) < 4.78 is 10.3. The van der Waals surface area contributed by atoms with Crippen LogP contribution in [-0.2, 0) is 11.3 Å². The van der Waals surface area contributed by atoms with Gasteiger partial charge in [-0.25, -0.2) is 4.79 Å². The van der Waals surface area contributed by atoms with Crippen molar-refractivity contribution in [3.05, 3.63) is 23.7 Å². The highest BCUT2D eigenvalue weighted by Gasteiger charge is 2.41. The summed E-state index contributed by atoms with van der Waals surface area (Å²) in [6.45, 7) is 1.64. The molecule has 0 unspecified atom stereocenters. The monoisotopic (exact) mass is 255 g/mol. The normalized spacial score (nSPS) is 16.8. The van der Waals surface area contributed by atoms with Crippen LogP contribution in [0.15, 0.2) is 16.7 Å². The molecule has 0 amide bonds. The lowest BCUT2D eigenvalue weighted by Gasteiger charge is -2.11. The van der Waals surface area contributed by atoms with E-state index >= 15 is 0 Å². The molecule has 2 rings (SSSR count). The van der Waals surface area contributed by atoms with Crippen molar-refractivity contribution < 1.29 is 13.9 Å². The van der Waals surface area contributed by atoms with E-state index in [1.54, 1.807) is 6.07 Å². The van der Waals surface area contributed by atoms with Gasteiger partial charge < -0.3 is 14.5 Å². The standard InChI is InChI=1S/C12H17NO3S/c1-15-11(14)9-5-10(16-7-9)6-13-8-12(17-2)3-4-12/h5,7,13H,3-4,6,8H2,1-2H3. The second-order valence-corrected chi connectivity index (χ2v) is 5.56. The Morgan fingerprint density at radius 3 is 3.00 bits per heavy atom. The average molecular weight is 255 g/mol. The van der Waals surface area contributed by atoms with E-state index in [1.807, 2.05) is 11.8 Å². The molecule has 0 saturated heterocycles. The minimum atomic E-state index is -0.359. The van der Waals surface area contributed by atoms with Crippen LogP contribution in [0.25, 0.3) is 0 Å². The number of esters is 1. The number of furan rings is 1. The van der Waals surface area contributed by atoms with E-state index in [2.05, 4.69) is 16.3 Å². The number of carbonyl (C=O) groups is 1. The Labute approximate surface area is 105 Å². The molecule has 0 radical (unpaired) electrons. The fraction of sp³-hybridized carbons (Fsp3) is 0.583. The zero-order chi connectivity index (χ0) is 12.3. The molecule has 1 aliphatic carbocycles. The van der Waals surface area contributed by atoms with E-state index in [1.165, 1.54) is 26.2 Å². The third kappa shape index (κ3) is 3.04. The van der Waals surface area contributed by atoms with E-state index in [-0.39, 0.29) is 5.97 Å². The van der Waals surface area contributed by atoms with Gasteiger partial charge in [-0.05, 0) is 25.2 Å². The maximum absolute atomic E-state index is 11.2. The largest absolute Gasteiger partial charge is 0.467 e. The zero-order valence-corrected chi connectivity index (χ0v) is 10.9. The molecule has 94 valence electrons. The molecule has 1 N–H and O–H groups in total. The van der Waals surface area contributed by atoms with Gasteiger partial charge in [-0.2, -0.15) is 11.8 Å². The van der Waals surface area contributed by atoms with Crippen molar-refractivity contribution >= 4 is 17.7 Å². The van der Waals surface area contributed by atoms with Crippen molar-refractivity contribution in [3.63, 3.8) is 0 Å². The number of nitrogens with one attached hydrogen (secondary N) is 1. The van der Waals surface area contributed by atoms with Gasteiger partial charge >= 0.3 is 5.97 Å². The van der Waals surface area contributed by atoms with Gasteiger partial charge in [-0.1, -0.05) is 0 Å². The highest BCUT2D eigenvalue weighted by molar-refractivity contribution is 8.00. The molecular weight excluding hydrogens is 238 g/mol. The first-order chi connectivity index (χ1) is 8.19. The van der Waals surface area contributed by atoms with E-state index in [9.17, 15) is 4.79 Å². The zero-order valence-electron chi connectivity index (χ0n) is 10.1. The second kappa shape index (κ2) is 5.14. The van der Waals surface area contributed by atoms with Gasteiger partial charge in [-0.15, -0.1) is 0 Å². The van der Waals surface area contributed by atoms with Crippen molar-refractivity contribution in [2.45, 2.75) is 24.1 Å². The maximum Gasteiger partial charge on any atom is 0.341 e. The predicted molar refractivity (Wildman–Crippen MR) is 67.2 cm³/mol. The first kappa shape index (κ1) is 12.5. The fourth-order valence-electron chi connectivity index (χ4n) is 1.70. The number of hydrogen-bond acceptors (Lipinski definition) is 5. The van der Waals surface area contributed by atoms with Crippen LogP contribution in [0.5, 0.6) is 0 Å². The molecule has 1 fully saturated rings. The minimum absolute atomic E-state index is 0.359. The van der Waals surface area contributed by atoms with Gasteiger partial charge in [0, 0.05) is 11.3 Å². The Kier molecular flexibility index (Phi) is 3.79. The van der Waals surface area contributed by atoms with Gasteiger partial charge in [0.15, 0.2) is 0 Å². The van der Waals surface area contributed by atoms with Crippen molar-refractivity contribution in [2.24, 2.45) is 0 Å². The summed E-state index contributed by atoms with van der Waals surface area (Å²) in [5.74, 6) is 0.407. The maximum atomic E-state index is 11.2. The molecule has 1 aromatic heterocycles. The number of methoxy groups -OCH3 is 1. The molecule has 1 aromatic rings. The summed E-state index contributed by atoms with van der Waals surface area (Å²) in [6.07, 6.45) is 6.15. The third-order valence-corrected chi connectivity index (χ3v) is 4.48. The highest BCUT2D eigenvalue weighted by Crippen LogP contribution is 2.46. The van der Waals surface area contributed by atoms with Crippen molar-refractivity contribution in [3.8, 4) is 0 Å². The molecule has 5 heteroatoms. The van der Waals surface area contributed by atoms with Gasteiger partial charge in [0.05, 0.1) is 19.2 Å². The third-order valence-electron chi connectivity index (χ3n) is 3.06. The topological polar surface area (TPSA) is 51.5 Å². The Morgan fingerprint density at radius 1 is 1.65 bits per heavy atom. The summed E-state index contributed by atoms with van der Waals surface area (Å²) in [5.41, 5.74) is 0.468. The molecule has 1 saturated carbocycles. The molecule has 1 aliphatic rings. The van der Waals surface area contributed by atoms with Crippen LogP contribution in [0.2, 0.25) is 0 Å². The van der Waals surface area contributed by atoms with Gasteiger partial charge in [0.1, 0.15) is 12.0 Å². The van der Waals surface area contributed by atoms with Crippen LogP contribution in [0.4, 0.5) is 0 Å².